The molecule has 0 saturated heterocycles. The molecule has 1 amide bonds. The second-order valence-electron chi connectivity index (χ2n) is 5.96. The maximum atomic E-state index is 12.3. The van der Waals surface area contributed by atoms with Crippen molar-refractivity contribution in [3.05, 3.63) is 0 Å². The molecule has 0 aromatic heterocycles. The summed E-state index contributed by atoms with van der Waals surface area (Å²) in [4.78, 5) is 12.6. The number of nitrogens with one attached hydrogen (secondary N) is 1. The predicted octanol–water partition coefficient (Wildman–Crippen LogP) is 2.38. The highest BCUT2D eigenvalue weighted by molar-refractivity contribution is 7.80. The van der Waals surface area contributed by atoms with Gasteiger partial charge in [-0.15, -0.1) is 0 Å². The van der Waals surface area contributed by atoms with Crippen LogP contribution in [0.4, 0.5) is 0 Å². The van der Waals surface area contributed by atoms with Crippen molar-refractivity contribution in [3.63, 3.8) is 0 Å². The third-order valence-corrected chi connectivity index (χ3v) is 4.77. The first-order valence-electron chi connectivity index (χ1n) is 6.35. The first-order valence-corrected chi connectivity index (χ1v) is 6.75. The van der Waals surface area contributed by atoms with E-state index < -0.39 is 5.41 Å². The summed E-state index contributed by atoms with van der Waals surface area (Å²) in [5, 5.41) is 3.14. The van der Waals surface area contributed by atoms with Crippen molar-refractivity contribution in [3.8, 4) is 0 Å². The maximum absolute atomic E-state index is 12.3. The Balaban J connectivity index is 2.75. The molecule has 0 aromatic rings. The molecule has 0 bridgehead atoms. The first kappa shape index (κ1) is 14.4. The summed E-state index contributed by atoms with van der Waals surface area (Å²) < 4.78 is 0. The summed E-state index contributed by atoms with van der Waals surface area (Å²) in [7, 11) is 0. The number of carbonyl (C=O) groups excluding carboxylic acids is 1. The van der Waals surface area contributed by atoms with Crippen molar-refractivity contribution in [1.82, 2.24) is 5.32 Å². The Morgan fingerprint density at radius 1 is 1.59 bits per heavy atom. The van der Waals surface area contributed by atoms with Crippen LogP contribution in [0.1, 0.15) is 53.4 Å². The molecule has 1 aliphatic carbocycles. The van der Waals surface area contributed by atoms with Crippen LogP contribution in [0.15, 0.2) is 0 Å². The Labute approximate surface area is 110 Å². The zero-order valence-electron chi connectivity index (χ0n) is 11.3. The lowest BCUT2D eigenvalue weighted by Gasteiger charge is -2.32. The number of amides is 1. The van der Waals surface area contributed by atoms with Gasteiger partial charge in [-0.3, -0.25) is 4.79 Å². The summed E-state index contributed by atoms with van der Waals surface area (Å²) in [5.41, 5.74) is 5.16. The van der Waals surface area contributed by atoms with E-state index in [0.29, 0.717) is 6.42 Å². The first-order chi connectivity index (χ1) is 7.74. The van der Waals surface area contributed by atoms with Crippen molar-refractivity contribution in [2.75, 3.05) is 0 Å². The van der Waals surface area contributed by atoms with Gasteiger partial charge in [0.05, 0.1) is 10.4 Å². The number of rotatable bonds is 4. The van der Waals surface area contributed by atoms with Gasteiger partial charge in [-0.25, -0.2) is 0 Å². The second-order valence-corrected chi connectivity index (χ2v) is 6.40. The smallest absolute Gasteiger partial charge is 0.232 e. The lowest BCUT2D eigenvalue weighted by atomic mass is 9.83. The van der Waals surface area contributed by atoms with Crippen molar-refractivity contribution in [1.29, 1.82) is 0 Å². The van der Waals surface area contributed by atoms with Gasteiger partial charge in [0, 0.05) is 6.04 Å². The fraction of sp³-hybridized carbons (Fsp3) is 0.846. The lowest BCUT2D eigenvalue weighted by molar-refractivity contribution is -0.128. The van der Waals surface area contributed by atoms with Gasteiger partial charge in [0.1, 0.15) is 0 Å². The summed E-state index contributed by atoms with van der Waals surface area (Å²) in [6, 6.07) is 0.246. The fourth-order valence-corrected chi connectivity index (χ4v) is 2.60. The molecule has 17 heavy (non-hydrogen) atoms. The van der Waals surface area contributed by atoms with E-state index in [-0.39, 0.29) is 22.4 Å². The molecule has 2 atom stereocenters. The van der Waals surface area contributed by atoms with Gasteiger partial charge in [-0.2, -0.15) is 0 Å². The topological polar surface area (TPSA) is 55.1 Å². The highest BCUT2D eigenvalue weighted by Gasteiger charge is 2.40. The van der Waals surface area contributed by atoms with E-state index in [1.54, 1.807) is 0 Å². The summed E-state index contributed by atoms with van der Waals surface area (Å²) in [6.07, 6.45) is 4.03. The van der Waals surface area contributed by atoms with Crippen LogP contribution in [0, 0.1) is 10.8 Å². The fourth-order valence-electron chi connectivity index (χ4n) is 2.36. The minimum Gasteiger partial charge on any atom is -0.392 e. The van der Waals surface area contributed by atoms with Crippen LogP contribution in [-0.2, 0) is 4.79 Å². The zero-order valence-corrected chi connectivity index (χ0v) is 12.1. The van der Waals surface area contributed by atoms with Gasteiger partial charge >= 0.3 is 0 Å². The Bertz CT molecular complexity index is 327. The molecule has 0 aromatic carbocycles. The van der Waals surface area contributed by atoms with Crippen molar-refractivity contribution >= 4 is 23.1 Å². The number of nitrogens with two attached hydrogens (primary N) is 1. The van der Waals surface area contributed by atoms with Crippen molar-refractivity contribution in [2.24, 2.45) is 16.6 Å². The number of hydrogen-bond donors (Lipinski definition) is 2. The van der Waals surface area contributed by atoms with Crippen LogP contribution in [0.3, 0.4) is 0 Å². The molecular weight excluding hydrogens is 232 g/mol. The lowest BCUT2D eigenvalue weighted by Crippen LogP contribution is -2.51. The van der Waals surface area contributed by atoms with E-state index in [1.165, 1.54) is 6.42 Å². The van der Waals surface area contributed by atoms with Gasteiger partial charge < -0.3 is 11.1 Å². The third-order valence-electron chi connectivity index (χ3n) is 4.31. The molecule has 3 nitrogen and oxygen atoms in total. The Kier molecular flexibility index (Phi) is 4.18. The zero-order chi connectivity index (χ0) is 13.3. The standard InChI is InChI=1S/C13H24N2OS/c1-5-13(4,10(14)17)11(16)15-9-7-6-8-12(9,2)3/h9H,5-8H2,1-4H3,(H2,14,17)(H,15,16). The van der Waals surface area contributed by atoms with E-state index in [2.05, 4.69) is 19.2 Å². The highest BCUT2D eigenvalue weighted by Crippen LogP contribution is 2.37. The molecule has 4 heteroatoms. The molecule has 1 rings (SSSR count). The molecule has 1 aliphatic rings. The van der Waals surface area contributed by atoms with E-state index >= 15 is 0 Å². The Morgan fingerprint density at radius 2 is 2.18 bits per heavy atom. The number of hydrogen-bond acceptors (Lipinski definition) is 2. The Morgan fingerprint density at radius 3 is 2.53 bits per heavy atom. The van der Waals surface area contributed by atoms with Gasteiger partial charge in [0.25, 0.3) is 0 Å². The van der Waals surface area contributed by atoms with Gasteiger partial charge in [0.2, 0.25) is 5.91 Å². The van der Waals surface area contributed by atoms with Crippen LogP contribution >= 0.6 is 12.2 Å². The van der Waals surface area contributed by atoms with E-state index in [1.807, 2.05) is 13.8 Å². The van der Waals surface area contributed by atoms with Crippen molar-refractivity contribution < 1.29 is 4.79 Å². The van der Waals surface area contributed by atoms with Crippen LogP contribution in [-0.4, -0.2) is 16.9 Å². The number of thiocarbonyl (C=S) groups is 1. The van der Waals surface area contributed by atoms with E-state index in [0.717, 1.165) is 12.8 Å². The molecular formula is C13H24N2OS. The third kappa shape index (κ3) is 2.79. The molecule has 1 saturated carbocycles. The van der Waals surface area contributed by atoms with Gasteiger partial charge in [-0.05, 0) is 31.6 Å². The summed E-state index contributed by atoms with van der Waals surface area (Å²) in [6.45, 7) is 8.18. The average Bonchev–Trinajstić information content (AvgIpc) is 2.56. The van der Waals surface area contributed by atoms with Crippen LogP contribution in [0.5, 0.6) is 0 Å². The minimum absolute atomic E-state index is 0.0209. The van der Waals surface area contributed by atoms with Crippen molar-refractivity contribution in [2.45, 2.75) is 59.4 Å². The van der Waals surface area contributed by atoms with Gasteiger partial charge in [0.15, 0.2) is 0 Å². The molecule has 0 radical (unpaired) electrons. The molecule has 0 spiro atoms. The quantitative estimate of drug-likeness (QED) is 0.759. The molecule has 98 valence electrons. The summed E-state index contributed by atoms with van der Waals surface area (Å²) >= 11 is 5.02. The van der Waals surface area contributed by atoms with E-state index in [4.69, 9.17) is 18.0 Å². The van der Waals surface area contributed by atoms with Crippen LogP contribution in [0.25, 0.3) is 0 Å². The molecule has 1 fully saturated rings. The van der Waals surface area contributed by atoms with E-state index in [9.17, 15) is 4.79 Å². The Hall–Kier alpha value is -0.640. The molecule has 3 N–H and O–H groups in total. The maximum Gasteiger partial charge on any atom is 0.232 e. The highest BCUT2D eigenvalue weighted by atomic mass is 32.1. The second kappa shape index (κ2) is 4.92. The minimum atomic E-state index is -0.714. The molecule has 2 unspecified atom stereocenters. The largest absolute Gasteiger partial charge is 0.392 e. The SMILES string of the molecule is CCC(C)(C(=O)NC1CCCC1(C)C)C(N)=S. The predicted molar refractivity (Wildman–Crippen MR) is 74.7 cm³/mol. The van der Waals surface area contributed by atoms with Crippen LogP contribution in [0.2, 0.25) is 0 Å². The average molecular weight is 256 g/mol. The normalized spacial score (nSPS) is 26.2. The van der Waals surface area contributed by atoms with Gasteiger partial charge in [-0.1, -0.05) is 39.4 Å². The summed E-state index contributed by atoms with van der Waals surface area (Å²) in [5.74, 6) is -0.0209. The monoisotopic (exact) mass is 256 g/mol. The molecule has 0 heterocycles. The van der Waals surface area contributed by atoms with Crippen LogP contribution < -0.4 is 11.1 Å². The number of carbonyl (C=O) groups is 1. The molecule has 0 aliphatic heterocycles.